The van der Waals surface area contributed by atoms with E-state index < -0.39 is 10.0 Å². The fraction of sp³-hybridized carbons (Fsp3) is 0.316. The lowest BCUT2D eigenvalue weighted by atomic mass is 10.2. The lowest BCUT2D eigenvalue weighted by molar-refractivity contribution is -0.131. The number of carbonyl (C=O) groups excluding carboxylic acids is 1. The van der Waals surface area contributed by atoms with Crippen molar-refractivity contribution in [2.24, 2.45) is 0 Å². The summed E-state index contributed by atoms with van der Waals surface area (Å²) in [4.78, 5) is 16.6. The molecule has 6 nitrogen and oxygen atoms in total. The number of sulfonamides is 1. The number of piperazine rings is 1. The summed E-state index contributed by atoms with van der Waals surface area (Å²) < 4.78 is 26.2. The van der Waals surface area contributed by atoms with E-state index in [1.165, 1.54) is 19.2 Å². The Morgan fingerprint density at radius 3 is 2.22 bits per heavy atom. The molecule has 0 atom stereocenters. The molecule has 0 aliphatic carbocycles. The molecule has 0 unspecified atom stereocenters. The standard InChI is InChI=1S/C19H22ClN3O3S/c1-21(27(25,26)16-7-3-2-4-8-16)15-19(24)23-13-11-22(12-14-23)18-10-6-5-9-17(18)20/h2-10H,11-15H2,1H3. The van der Waals surface area contributed by atoms with Crippen LogP contribution in [0.15, 0.2) is 59.5 Å². The quantitative estimate of drug-likeness (QED) is 0.763. The first-order valence-corrected chi connectivity index (χ1v) is 10.5. The first-order chi connectivity index (χ1) is 12.9. The minimum atomic E-state index is -3.67. The minimum Gasteiger partial charge on any atom is -0.367 e. The molecule has 0 saturated carbocycles. The van der Waals surface area contributed by atoms with E-state index in [4.69, 9.17) is 11.6 Å². The Morgan fingerprint density at radius 1 is 1.00 bits per heavy atom. The second kappa shape index (κ2) is 8.29. The van der Waals surface area contributed by atoms with Crippen LogP contribution in [0.25, 0.3) is 0 Å². The minimum absolute atomic E-state index is 0.177. The maximum atomic E-state index is 12.6. The highest BCUT2D eigenvalue weighted by Crippen LogP contribution is 2.26. The number of hydrogen-bond donors (Lipinski definition) is 0. The van der Waals surface area contributed by atoms with Gasteiger partial charge in [0.05, 0.1) is 22.2 Å². The van der Waals surface area contributed by atoms with Gasteiger partial charge in [-0.1, -0.05) is 41.9 Å². The molecule has 27 heavy (non-hydrogen) atoms. The third kappa shape index (κ3) is 4.43. The molecule has 2 aromatic carbocycles. The highest BCUT2D eigenvalue weighted by atomic mass is 35.5. The smallest absolute Gasteiger partial charge is 0.243 e. The van der Waals surface area contributed by atoms with Gasteiger partial charge in [0.25, 0.3) is 0 Å². The van der Waals surface area contributed by atoms with Gasteiger partial charge in [-0.2, -0.15) is 4.31 Å². The molecule has 1 saturated heterocycles. The van der Waals surface area contributed by atoms with E-state index in [0.29, 0.717) is 31.2 Å². The Morgan fingerprint density at radius 2 is 1.59 bits per heavy atom. The Kier molecular flexibility index (Phi) is 6.04. The van der Waals surface area contributed by atoms with Crippen molar-refractivity contribution in [1.82, 2.24) is 9.21 Å². The van der Waals surface area contributed by atoms with Crippen LogP contribution in [-0.4, -0.2) is 63.3 Å². The maximum Gasteiger partial charge on any atom is 0.243 e. The Bertz CT molecular complexity index is 897. The second-order valence-corrected chi connectivity index (χ2v) is 8.85. The molecule has 0 radical (unpaired) electrons. The number of carbonyl (C=O) groups is 1. The Hall–Kier alpha value is -2.09. The second-order valence-electron chi connectivity index (χ2n) is 6.39. The average molecular weight is 408 g/mol. The van der Waals surface area contributed by atoms with Gasteiger partial charge in [-0.25, -0.2) is 8.42 Å². The molecule has 1 fully saturated rings. The third-order valence-corrected chi connectivity index (χ3v) is 6.77. The summed E-state index contributed by atoms with van der Waals surface area (Å²) in [5.74, 6) is -0.198. The van der Waals surface area contributed by atoms with Crippen LogP contribution in [0.3, 0.4) is 0 Å². The van der Waals surface area contributed by atoms with Crippen LogP contribution in [0.2, 0.25) is 5.02 Å². The SMILES string of the molecule is CN(CC(=O)N1CCN(c2ccccc2Cl)CC1)S(=O)(=O)c1ccccc1. The van der Waals surface area contributed by atoms with Crippen LogP contribution in [-0.2, 0) is 14.8 Å². The number of likely N-dealkylation sites (N-methyl/N-ethyl adjacent to an activating group) is 1. The molecule has 0 bridgehead atoms. The van der Waals surface area contributed by atoms with Gasteiger partial charge < -0.3 is 9.80 Å². The first kappa shape index (κ1) is 19.7. The summed E-state index contributed by atoms with van der Waals surface area (Å²) in [7, 11) is -2.24. The number of nitrogens with zero attached hydrogens (tertiary/aromatic N) is 3. The Labute approximate surface area is 165 Å². The molecular formula is C19H22ClN3O3S. The largest absolute Gasteiger partial charge is 0.367 e. The van der Waals surface area contributed by atoms with E-state index in [2.05, 4.69) is 4.90 Å². The van der Waals surface area contributed by atoms with E-state index in [1.54, 1.807) is 23.1 Å². The van der Waals surface area contributed by atoms with E-state index in [9.17, 15) is 13.2 Å². The fourth-order valence-corrected chi connectivity index (χ4v) is 4.45. The van der Waals surface area contributed by atoms with Gasteiger partial charge >= 0.3 is 0 Å². The number of anilines is 1. The fourth-order valence-electron chi connectivity index (χ4n) is 3.05. The first-order valence-electron chi connectivity index (χ1n) is 8.68. The zero-order valence-corrected chi connectivity index (χ0v) is 16.7. The van der Waals surface area contributed by atoms with E-state index in [1.807, 2.05) is 24.3 Å². The van der Waals surface area contributed by atoms with Gasteiger partial charge in [-0.05, 0) is 24.3 Å². The predicted molar refractivity (Wildman–Crippen MR) is 107 cm³/mol. The van der Waals surface area contributed by atoms with Crippen molar-refractivity contribution in [2.45, 2.75) is 4.90 Å². The maximum absolute atomic E-state index is 12.6. The van der Waals surface area contributed by atoms with E-state index >= 15 is 0 Å². The molecule has 1 aliphatic heterocycles. The van der Waals surface area contributed by atoms with Crippen LogP contribution in [0, 0.1) is 0 Å². The van der Waals surface area contributed by atoms with Crippen molar-refractivity contribution in [1.29, 1.82) is 0 Å². The molecule has 0 aromatic heterocycles. The summed E-state index contributed by atoms with van der Waals surface area (Å²) in [5, 5.41) is 0.686. The van der Waals surface area contributed by atoms with Gasteiger partial charge in [-0.15, -0.1) is 0 Å². The van der Waals surface area contributed by atoms with Gasteiger partial charge in [0.1, 0.15) is 0 Å². The summed E-state index contributed by atoms with van der Waals surface area (Å²) in [6.07, 6.45) is 0. The summed E-state index contributed by atoms with van der Waals surface area (Å²) in [6, 6.07) is 15.8. The number of amides is 1. The molecule has 1 heterocycles. The molecule has 1 amide bonds. The number of rotatable bonds is 5. The highest BCUT2D eigenvalue weighted by Gasteiger charge is 2.27. The van der Waals surface area contributed by atoms with Gasteiger partial charge in [0, 0.05) is 33.2 Å². The molecule has 3 rings (SSSR count). The molecule has 0 N–H and O–H groups in total. The van der Waals surface area contributed by atoms with Gasteiger partial charge in [0.2, 0.25) is 15.9 Å². The average Bonchev–Trinajstić information content (AvgIpc) is 2.69. The highest BCUT2D eigenvalue weighted by molar-refractivity contribution is 7.89. The van der Waals surface area contributed by atoms with Crippen molar-refractivity contribution >= 4 is 33.2 Å². The molecule has 144 valence electrons. The zero-order chi connectivity index (χ0) is 19.4. The number of benzene rings is 2. The van der Waals surface area contributed by atoms with Gasteiger partial charge in [0.15, 0.2) is 0 Å². The topological polar surface area (TPSA) is 60.9 Å². The van der Waals surface area contributed by atoms with Crippen molar-refractivity contribution in [3.05, 3.63) is 59.6 Å². The summed E-state index contributed by atoms with van der Waals surface area (Å²) >= 11 is 6.24. The van der Waals surface area contributed by atoms with Crippen molar-refractivity contribution in [3.63, 3.8) is 0 Å². The van der Waals surface area contributed by atoms with Crippen molar-refractivity contribution in [2.75, 3.05) is 44.7 Å². The molecule has 1 aliphatic rings. The zero-order valence-electron chi connectivity index (χ0n) is 15.1. The number of halogens is 1. The Balaban J connectivity index is 1.59. The summed E-state index contributed by atoms with van der Waals surface area (Å²) in [5.41, 5.74) is 0.954. The van der Waals surface area contributed by atoms with Gasteiger partial charge in [-0.3, -0.25) is 4.79 Å². The normalized spacial score (nSPS) is 15.2. The lowest BCUT2D eigenvalue weighted by Crippen LogP contribution is -2.51. The van der Waals surface area contributed by atoms with Crippen molar-refractivity contribution in [3.8, 4) is 0 Å². The van der Waals surface area contributed by atoms with Crippen LogP contribution >= 0.6 is 11.6 Å². The molecule has 8 heteroatoms. The van der Waals surface area contributed by atoms with Crippen LogP contribution in [0.1, 0.15) is 0 Å². The summed E-state index contributed by atoms with van der Waals surface area (Å²) in [6.45, 7) is 2.20. The van der Waals surface area contributed by atoms with E-state index in [-0.39, 0.29) is 17.3 Å². The van der Waals surface area contributed by atoms with Crippen LogP contribution < -0.4 is 4.90 Å². The van der Waals surface area contributed by atoms with Crippen LogP contribution in [0.5, 0.6) is 0 Å². The number of hydrogen-bond acceptors (Lipinski definition) is 4. The lowest BCUT2D eigenvalue weighted by Gasteiger charge is -2.37. The molecular weight excluding hydrogens is 386 g/mol. The van der Waals surface area contributed by atoms with Crippen molar-refractivity contribution < 1.29 is 13.2 Å². The predicted octanol–water partition coefficient (Wildman–Crippen LogP) is 2.31. The monoisotopic (exact) mass is 407 g/mol. The van der Waals surface area contributed by atoms with E-state index in [0.717, 1.165) is 9.99 Å². The number of para-hydroxylation sites is 1. The molecule has 2 aromatic rings. The third-order valence-electron chi connectivity index (χ3n) is 4.63. The van der Waals surface area contributed by atoms with Crippen LogP contribution in [0.4, 0.5) is 5.69 Å². The molecule has 0 spiro atoms.